The molecular formula is C11H13NO3S. The minimum absolute atomic E-state index is 0.0791. The number of aryl methyl sites for hydroxylation is 1. The van der Waals surface area contributed by atoms with E-state index in [2.05, 4.69) is 0 Å². The molecule has 1 aromatic carbocycles. The maximum Gasteiger partial charge on any atom is 0.242 e. The van der Waals surface area contributed by atoms with Crippen LogP contribution >= 0.6 is 0 Å². The first-order valence-corrected chi connectivity index (χ1v) is 6.66. The second kappa shape index (κ2) is 3.59. The molecule has 0 N–H and O–H groups in total. The summed E-state index contributed by atoms with van der Waals surface area (Å²) in [5.41, 5.74) is 2.30. The molecule has 0 atom stereocenters. The molecule has 0 radical (unpaired) electrons. The molecule has 1 amide bonds. The molecule has 0 aromatic heterocycles. The van der Waals surface area contributed by atoms with Gasteiger partial charge in [0.05, 0.1) is 11.4 Å². The van der Waals surface area contributed by atoms with Crippen molar-refractivity contribution in [3.63, 3.8) is 0 Å². The number of carbonyl (C=O) groups excluding carboxylic acids is 1. The molecule has 0 saturated carbocycles. The number of amides is 1. The van der Waals surface area contributed by atoms with Gasteiger partial charge in [-0.15, -0.1) is 0 Å². The molecule has 5 heteroatoms. The summed E-state index contributed by atoms with van der Waals surface area (Å²) in [7, 11) is -3.44. The third kappa shape index (κ3) is 1.61. The Labute approximate surface area is 94.9 Å². The molecule has 0 bridgehead atoms. The van der Waals surface area contributed by atoms with Gasteiger partial charge in [-0.05, 0) is 31.0 Å². The van der Waals surface area contributed by atoms with Crippen molar-refractivity contribution in [3.05, 3.63) is 29.3 Å². The molecular weight excluding hydrogens is 226 g/mol. The van der Waals surface area contributed by atoms with Gasteiger partial charge >= 0.3 is 0 Å². The van der Waals surface area contributed by atoms with E-state index in [0.717, 1.165) is 15.4 Å². The first-order chi connectivity index (χ1) is 7.43. The van der Waals surface area contributed by atoms with Crippen molar-refractivity contribution < 1.29 is 13.2 Å². The van der Waals surface area contributed by atoms with Gasteiger partial charge < -0.3 is 0 Å². The van der Waals surface area contributed by atoms with Crippen LogP contribution in [-0.4, -0.2) is 20.1 Å². The van der Waals surface area contributed by atoms with E-state index >= 15 is 0 Å². The Morgan fingerprint density at radius 3 is 2.50 bits per heavy atom. The minimum Gasteiger partial charge on any atom is -0.273 e. The molecule has 0 spiro atoms. The molecule has 1 heterocycles. The fourth-order valence-corrected chi connectivity index (χ4v) is 3.32. The summed E-state index contributed by atoms with van der Waals surface area (Å²) < 4.78 is 24.4. The van der Waals surface area contributed by atoms with Crippen LogP contribution in [0, 0.1) is 13.8 Å². The van der Waals surface area contributed by atoms with Crippen molar-refractivity contribution in [2.24, 2.45) is 0 Å². The second-order valence-corrected chi connectivity index (χ2v) is 5.88. The topological polar surface area (TPSA) is 54.5 Å². The van der Waals surface area contributed by atoms with Gasteiger partial charge in [0.25, 0.3) is 0 Å². The van der Waals surface area contributed by atoms with Gasteiger partial charge in [0.15, 0.2) is 0 Å². The number of hydrogen-bond acceptors (Lipinski definition) is 3. The monoisotopic (exact) mass is 239 g/mol. The third-order valence-corrected chi connectivity index (χ3v) is 4.55. The Kier molecular flexibility index (Phi) is 2.50. The van der Waals surface area contributed by atoms with Gasteiger partial charge in [-0.2, -0.15) is 0 Å². The summed E-state index contributed by atoms with van der Waals surface area (Å²) in [6, 6.07) is 5.33. The van der Waals surface area contributed by atoms with E-state index in [1.54, 1.807) is 12.1 Å². The Balaban J connectivity index is 2.60. The van der Waals surface area contributed by atoms with E-state index in [0.29, 0.717) is 5.69 Å². The van der Waals surface area contributed by atoms with Crippen molar-refractivity contribution in [2.75, 3.05) is 10.1 Å². The highest BCUT2D eigenvalue weighted by atomic mass is 32.2. The summed E-state index contributed by atoms with van der Waals surface area (Å²) in [5, 5.41) is 0. The predicted octanol–water partition coefficient (Wildman–Crippen LogP) is 1.37. The summed E-state index contributed by atoms with van der Waals surface area (Å²) in [4.78, 5) is 11.6. The van der Waals surface area contributed by atoms with Crippen LogP contribution in [0.3, 0.4) is 0 Å². The zero-order valence-corrected chi connectivity index (χ0v) is 10.0. The van der Waals surface area contributed by atoms with Gasteiger partial charge in [0.1, 0.15) is 0 Å². The lowest BCUT2D eigenvalue weighted by atomic mass is 10.1. The summed E-state index contributed by atoms with van der Waals surface area (Å²) in [5.74, 6) is -0.423. The van der Waals surface area contributed by atoms with Crippen LogP contribution in [0.4, 0.5) is 5.69 Å². The van der Waals surface area contributed by atoms with Crippen LogP contribution in [-0.2, 0) is 14.8 Å². The average molecular weight is 239 g/mol. The highest BCUT2D eigenvalue weighted by Gasteiger charge is 2.36. The molecule has 4 nitrogen and oxygen atoms in total. The van der Waals surface area contributed by atoms with Crippen LogP contribution in [0.5, 0.6) is 0 Å². The first kappa shape index (κ1) is 11.1. The number of anilines is 1. The van der Waals surface area contributed by atoms with E-state index in [1.165, 1.54) is 0 Å². The highest BCUT2D eigenvalue weighted by Crippen LogP contribution is 2.29. The normalized spacial score (nSPS) is 19.1. The SMILES string of the molecule is Cc1cccc(N2C(=O)CCS2(=O)=O)c1C. The molecule has 0 aliphatic carbocycles. The number of carbonyl (C=O) groups is 1. The van der Waals surface area contributed by atoms with Gasteiger partial charge in [-0.25, -0.2) is 12.7 Å². The smallest absolute Gasteiger partial charge is 0.242 e. The number of rotatable bonds is 1. The van der Waals surface area contributed by atoms with Gasteiger partial charge in [-0.3, -0.25) is 4.79 Å². The third-order valence-electron chi connectivity index (χ3n) is 2.87. The van der Waals surface area contributed by atoms with Gasteiger partial charge in [0.2, 0.25) is 15.9 Å². The molecule has 0 unspecified atom stereocenters. The molecule has 16 heavy (non-hydrogen) atoms. The van der Waals surface area contributed by atoms with Gasteiger partial charge in [0, 0.05) is 6.42 Å². The van der Waals surface area contributed by atoms with Crippen LogP contribution < -0.4 is 4.31 Å². The van der Waals surface area contributed by atoms with Crippen molar-refractivity contribution in [1.82, 2.24) is 0 Å². The molecule has 2 rings (SSSR count). The van der Waals surface area contributed by atoms with Crippen molar-refractivity contribution in [1.29, 1.82) is 0 Å². The lowest BCUT2D eigenvalue weighted by Crippen LogP contribution is -2.30. The molecule has 86 valence electrons. The second-order valence-electron chi connectivity index (χ2n) is 3.94. The Hall–Kier alpha value is -1.36. The van der Waals surface area contributed by atoms with Crippen molar-refractivity contribution in [3.8, 4) is 0 Å². The highest BCUT2D eigenvalue weighted by molar-refractivity contribution is 7.94. The van der Waals surface area contributed by atoms with E-state index in [-0.39, 0.29) is 18.1 Å². The minimum atomic E-state index is -3.44. The number of nitrogens with zero attached hydrogens (tertiary/aromatic N) is 1. The van der Waals surface area contributed by atoms with E-state index in [4.69, 9.17) is 0 Å². The fourth-order valence-electron chi connectivity index (χ4n) is 1.80. The number of hydrogen-bond donors (Lipinski definition) is 0. The summed E-state index contributed by atoms with van der Waals surface area (Å²) >= 11 is 0. The Morgan fingerprint density at radius 1 is 1.25 bits per heavy atom. The lowest BCUT2D eigenvalue weighted by molar-refractivity contribution is -0.116. The fraction of sp³-hybridized carbons (Fsp3) is 0.364. The number of benzene rings is 1. The molecule has 1 aliphatic rings. The summed E-state index contributed by atoms with van der Waals surface area (Å²) in [6.45, 7) is 3.72. The zero-order valence-electron chi connectivity index (χ0n) is 9.23. The standard InChI is InChI=1S/C11H13NO3S/c1-8-4-3-5-10(9(8)2)12-11(13)6-7-16(12,14)15/h3-5H,6-7H2,1-2H3. The van der Waals surface area contributed by atoms with Crippen LogP contribution in [0.2, 0.25) is 0 Å². The van der Waals surface area contributed by atoms with Crippen LogP contribution in [0.1, 0.15) is 17.5 Å². The van der Waals surface area contributed by atoms with E-state index in [9.17, 15) is 13.2 Å². The Morgan fingerprint density at radius 2 is 1.94 bits per heavy atom. The van der Waals surface area contributed by atoms with Crippen LogP contribution in [0.15, 0.2) is 18.2 Å². The average Bonchev–Trinajstić information content (AvgIpc) is 2.47. The Bertz CT molecular complexity index is 548. The lowest BCUT2D eigenvalue weighted by Gasteiger charge is -2.18. The molecule has 1 saturated heterocycles. The van der Waals surface area contributed by atoms with E-state index in [1.807, 2.05) is 19.9 Å². The first-order valence-electron chi connectivity index (χ1n) is 5.05. The van der Waals surface area contributed by atoms with E-state index < -0.39 is 10.0 Å². The zero-order chi connectivity index (χ0) is 11.9. The number of sulfonamides is 1. The van der Waals surface area contributed by atoms with Crippen LogP contribution in [0.25, 0.3) is 0 Å². The molecule has 1 aliphatic heterocycles. The maximum absolute atomic E-state index is 11.7. The maximum atomic E-state index is 11.7. The molecule has 1 fully saturated rings. The van der Waals surface area contributed by atoms with Crippen molar-refractivity contribution >= 4 is 21.6 Å². The molecule has 1 aromatic rings. The quantitative estimate of drug-likeness (QED) is 0.743. The predicted molar refractivity (Wildman–Crippen MR) is 61.8 cm³/mol. The largest absolute Gasteiger partial charge is 0.273 e. The van der Waals surface area contributed by atoms with Crippen molar-refractivity contribution in [2.45, 2.75) is 20.3 Å². The van der Waals surface area contributed by atoms with Gasteiger partial charge in [-0.1, -0.05) is 12.1 Å². The summed E-state index contributed by atoms with van der Waals surface area (Å²) in [6.07, 6.45) is 0.0791.